The maximum absolute atomic E-state index is 9.68. The van der Waals surface area contributed by atoms with Crippen molar-refractivity contribution in [1.29, 1.82) is 0 Å². The molecule has 0 amide bonds. The van der Waals surface area contributed by atoms with Crippen LogP contribution in [0.1, 0.15) is 31.4 Å². The number of benzene rings is 1. The summed E-state index contributed by atoms with van der Waals surface area (Å²) >= 11 is 0. The molecule has 1 atom stereocenters. The van der Waals surface area contributed by atoms with Gasteiger partial charge in [-0.15, -0.1) is 12.4 Å². The third-order valence-electron chi connectivity index (χ3n) is 3.56. The van der Waals surface area contributed by atoms with Gasteiger partial charge in [-0.2, -0.15) is 0 Å². The third-order valence-corrected chi connectivity index (χ3v) is 3.56. The van der Waals surface area contributed by atoms with E-state index in [0.29, 0.717) is 18.3 Å². The first-order chi connectivity index (χ1) is 8.72. The van der Waals surface area contributed by atoms with E-state index in [1.165, 1.54) is 0 Å². The van der Waals surface area contributed by atoms with Crippen molar-refractivity contribution in [2.75, 3.05) is 19.7 Å². The minimum absolute atomic E-state index is 0. The highest BCUT2D eigenvalue weighted by Crippen LogP contribution is 2.33. The molecule has 108 valence electrons. The predicted molar refractivity (Wildman–Crippen MR) is 79.0 cm³/mol. The molecule has 0 aliphatic carbocycles. The van der Waals surface area contributed by atoms with Gasteiger partial charge < -0.3 is 20.9 Å². The molecular weight excluding hydrogens is 264 g/mol. The molecule has 0 bridgehead atoms. The summed E-state index contributed by atoms with van der Waals surface area (Å²) in [6, 6.07) is 5.45. The maximum Gasteiger partial charge on any atom is 0.161 e. The van der Waals surface area contributed by atoms with Gasteiger partial charge in [0.25, 0.3) is 0 Å². The normalized spacial score (nSPS) is 17.6. The van der Waals surface area contributed by atoms with Crippen LogP contribution in [0, 0.1) is 5.92 Å². The number of hydrogen-bond acceptors (Lipinski definition) is 4. The molecule has 1 fully saturated rings. The van der Waals surface area contributed by atoms with Crippen LogP contribution >= 0.6 is 12.4 Å². The van der Waals surface area contributed by atoms with Gasteiger partial charge in [0.05, 0.1) is 6.61 Å². The van der Waals surface area contributed by atoms with E-state index in [1.54, 1.807) is 6.07 Å². The number of hydrogen-bond donors (Lipinski definition) is 3. The average Bonchev–Trinajstić information content (AvgIpc) is 2.42. The number of aromatic hydroxyl groups is 1. The van der Waals surface area contributed by atoms with Gasteiger partial charge >= 0.3 is 0 Å². The fourth-order valence-electron chi connectivity index (χ4n) is 2.48. The Morgan fingerprint density at radius 2 is 2.11 bits per heavy atom. The predicted octanol–water partition coefficient (Wildman–Crippen LogP) is 2.21. The summed E-state index contributed by atoms with van der Waals surface area (Å²) in [5, 5.41) is 13.0. The molecule has 1 saturated heterocycles. The minimum Gasteiger partial charge on any atom is -0.504 e. The number of nitrogens with two attached hydrogens (primary N) is 1. The van der Waals surface area contributed by atoms with Crippen LogP contribution in [0.25, 0.3) is 0 Å². The van der Waals surface area contributed by atoms with Crippen molar-refractivity contribution in [3.8, 4) is 11.5 Å². The number of phenolic OH excluding ortho intramolecular Hbond substituents is 1. The van der Waals surface area contributed by atoms with E-state index < -0.39 is 0 Å². The fraction of sp³-hybridized carbons (Fsp3) is 0.571. The van der Waals surface area contributed by atoms with E-state index in [9.17, 15) is 5.11 Å². The van der Waals surface area contributed by atoms with Crippen LogP contribution in [0.3, 0.4) is 0 Å². The standard InChI is InChI=1S/C14H22N2O2.ClH/c1-2-18-13-9-11(3-4-12(13)17)14(15)10-5-7-16-8-6-10;/h3-4,9-10,14,16-17H,2,5-8,15H2,1H3;1H/t14-;/m1./s1. The monoisotopic (exact) mass is 286 g/mol. The van der Waals surface area contributed by atoms with Gasteiger partial charge in [0.15, 0.2) is 11.5 Å². The molecule has 1 heterocycles. The molecule has 4 nitrogen and oxygen atoms in total. The second-order valence-electron chi connectivity index (χ2n) is 4.77. The molecule has 0 unspecified atom stereocenters. The van der Waals surface area contributed by atoms with E-state index in [1.807, 2.05) is 19.1 Å². The Bertz CT molecular complexity index is 395. The Kier molecular flexibility index (Phi) is 6.42. The van der Waals surface area contributed by atoms with Crippen LogP contribution in [-0.4, -0.2) is 24.8 Å². The molecule has 2 rings (SSSR count). The van der Waals surface area contributed by atoms with E-state index in [4.69, 9.17) is 10.5 Å². The maximum atomic E-state index is 9.68. The highest BCUT2D eigenvalue weighted by Gasteiger charge is 2.22. The number of phenols is 1. The second-order valence-corrected chi connectivity index (χ2v) is 4.77. The molecule has 19 heavy (non-hydrogen) atoms. The minimum atomic E-state index is 0. The van der Waals surface area contributed by atoms with Crippen molar-refractivity contribution in [3.05, 3.63) is 23.8 Å². The SMILES string of the molecule is CCOc1cc([C@H](N)C2CCNCC2)ccc1O.Cl. The van der Waals surface area contributed by atoms with Crippen molar-refractivity contribution in [2.45, 2.75) is 25.8 Å². The van der Waals surface area contributed by atoms with Crippen LogP contribution in [-0.2, 0) is 0 Å². The third kappa shape index (κ3) is 4.00. The van der Waals surface area contributed by atoms with E-state index in [2.05, 4.69) is 5.32 Å². The van der Waals surface area contributed by atoms with Gasteiger partial charge in [-0.05, 0) is 56.5 Å². The van der Waals surface area contributed by atoms with Crippen molar-refractivity contribution >= 4 is 12.4 Å². The largest absolute Gasteiger partial charge is 0.504 e. The Balaban J connectivity index is 0.00000180. The summed E-state index contributed by atoms with van der Waals surface area (Å²) in [4.78, 5) is 0. The first-order valence-electron chi connectivity index (χ1n) is 6.64. The molecule has 5 heteroatoms. The summed E-state index contributed by atoms with van der Waals surface area (Å²) in [6.07, 6.45) is 2.21. The lowest BCUT2D eigenvalue weighted by Gasteiger charge is -2.28. The quantitative estimate of drug-likeness (QED) is 0.794. The Labute approximate surface area is 120 Å². The first-order valence-corrected chi connectivity index (χ1v) is 6.64. The highest BCUT2D eigenvalue weighted by atomic mass is 35.5. The molecule has 1 aromatic rings. The van der Waals surface area contributed by atoms with Gasteiger partial charge in [0.1, 0.15) is 0 Å². The molecular formula is C14H23ClN2O2. The van der Waals surface area contributed by atoms with Crippen LogP contribution in [0.5, 0.6) is 11.5 Å². The summed E-state index contributed by atoms with van der Waals surface area (Å²) in [7, 11) is 0. The summed E-state index contributed by atoms with van der Waals surface area (Å²) in [6.45, 7) is 4.52. The number of halogens is 1. The van der Waals surface area contributed by atoms with E-state index in [0.717, 1.165) is 31.5 Å². The van der Waals surface area contributed by atoms with Gasteiger partial charge in [-0.25, -0.2) is 0 Å². The van der Waals surface area contributed by atoms with Crippen molar-refractivity contribution < 1.29 is 9.84 Å². The van der Waals surface area contributed by atoms with Crippen molar-refractivity contribution in [1.82, 2.24) is 5.32 Å². The molecule has 1 aliphatic heterocycles. The fourth-order valence-corrected chi connectivity index (χ4v) is 2.48. The zero-order chi connectivity index (χ0) is 13.0. The molecule has 0 radical (unpaired) electrons. The Hall–Kier alpha value is -0.970. The number of ether oxygens (including phenoxy) is 1. The number of piperidine rings is 1. The number of nitrogens with one attached hydrogen (secondary N) is 1. The lowest BCUT2D eigenvalue weighted by atomic mass is 9.86. The summed E-state index contributed by atoms with van der Waals surface area (Å²) < 4.78 is 5.40. The lowest BCUT2D eigenvalue weighted by Crippen LogP contribution is -2.33. The Morgan fingerprint density at radius 3 is 2.74 bits per heavy atom. The second kappa shape index (κ2) is 7.58. The van der Waals surface area contributed by atoms with E-state index in [-0.39, 0.29) is 24.2 Å². The Morgan fingerprint density at radius 1 is 1.42 bits per heavy atom. The van der Waals surface area contributed by atoms with Crippen LogP contribution in [0.2, 0.25) is 0 Å². The van der Waals surface area contributed by atoms with Crippen molar-refractivity contribution in [2.24, 2.45) is 11.7 Å². The highest BCUT2D eigenvalue weighted by molar-refractivity contribution is 5.85. The van der Waals surface area contributed by atoms with Crippen molar-refractivity contribution in [3.63, 3.8) is 0 Å². The first kappa shape index (κ1) is 16.1. The molecule has 0 aromatic heterocycles. The van der Waals surface area contributed by atoms with Gasteiger partial charge in [-0.1, -0.05) is 6.07 Å². The lowest BCUT2D eigenvalue weighted by molar-refractivity contribution is 0.310. The molecule has 0 saturated carbocycles. The van der Waals surface area contributed by atoms with E-state index >= 15 is 0 Å². The zero-order valence-corrected chi connectivity index (χ0v) is 12.1. The van der Waals surface area contributed by atoms with Crippen LogP contribution in [0.15, 0.2) is 18.2 Å². The van der Waals surface area contributed by atoms with Crippen LogP contribution in [0.4, 0.5) is 0 Å². The van der Waals surface area contributed by atoms with Gasteiger partial charge in [0.2, 0.25) is 0 Å². The van der Waals surface area contributed by atoms with Gasteiger partial charge in [-0.3, -0.25) is 0 Å². The summed E-state index contributed by atoms with van der Waals surface area (Å²) in [5.41, 5.74) is 7.36. The molecule has 0 spiro atoms. The topological polar surface area (TPSA) is 67.5 Å². The molecule has 1 aromatic carbocycles. The summed E-state index contributed by atoms with van der Waals surface area (Å²) in [5.74, 6) is 1.21. The zero-order valence-electron chi connectivity index (χ0n) is 11.3. The average molecular weight is 287 g/mol. The smallest absolute Gasteiger partial charge is 0.161 e. The van der Waals surface area contributed by atoms with Gasteiger partial charge in [0, 0.05) is 6.04 Å². The molecule has 1 aliphatic rings. The van der Waals surface area contributed by atoms with Crippen LogP contribution < -0.4 is 15.8 Å². The number of rotatable bonds is 4. The molecule has 4 N–H and O–H groups in total.